The molecule has 0 radical (unpaired) electrons. The van der Waals surface area contributed by atoms with E-state index in [9.17, 15) is 4.79 Å². The molecule has 1 saturated heterocycles. The highest BCUT2D eigenvalue weighted by atomic mass is 79.9. The van der Waals surface area contributed by atoms with Gasteiger partial charge in [0.05, 0.1) is 11.7 Å². The van der Waals surface area contributed by atoms with Gasteiger partial charge in [0.25, 0.3) is 0 Å². The molecule has 16 heavy (non-hydrogen) atoms. The molecule has 3 nitrogen and oxygen atoms in total. The van der Waals surface area contributed by atoms with Gasteiger partial charge < -0.3 is 10.6 Å². The molecule has 0 saturated carbocycles. The van der Waals surface area contributed by atoms with E-state index in [2.05, 4.69) is 42.5 Å². The number of hydrogen-bond donors (Lipinski definition) is 2. The summed E-state index contributed by atoms with van der Waals surface area (Å²) >= 11 is 6.79. The maximum Gasteiger partial charge on any atom is 0.241 e. The molecule has 1 fully saturated rings. The van der Waals surface area contributed by atoms with Crippen LogP contribution in [0.1, 0.15) is 12.8 Å². The third kappa shape index (κ3) is 2.84. The predicted octanol–water partition coefficient (Wildman–Crippen LogP) is 2.90. The minimum Gasteiger partial charge on any atom is -0.324 e. The van der Waals surface area contributed by atoms with E-state index >= 15 is 0 Å². The van der Waals surface area contributed by atoms with E-state index in [4.69, 9.17) is 0 Å². The largest absolute Gasteiger partial charge is 0.324 e. The molecule has 1 atom stereocenters. The Kier molecular flexibility index (Phi) is 4.00. The molecule has 0 spiro atoms. The maximum absolute atomic E-state index is 11.9. The molecule has 1 amide bonds. The topological polar surface area (TPSA) is 41.1 Å². The fraction of sp³-hybridized carbons (Fsp3) is 0.364. The summed E-state index contributed by atoms with van der Waals surface area (Å²) in [5, 5.41) is 6.09. The predicted molar refractivity (Wildman–Crippen MR) is 71.5 cm³/mol. The van der Waals surface area contributed by atoms with Gasteiger partial charge in [-0.05, 0) is 53.5 Å². The molecule has 1 heterocycles. The van der Waals surface area contributed by atoms with Gasteiger partial charge >= 0.3 is 0 Å². The average molecular weight is 348 g/mol. The van der Waals surface area contributed by atoms with Crippen LogP contribution in [0.5, 0.6) is 0 Å². The van der Waals surface area contributed by atoms with E-state index in [0.717, 1.165) is 34.0 Å². The van der Waals surface area contributed by atoms with E-state index in [-0.39, 0.29) is 11.9 Å². The van der Waals surface area contributed by atoms with Crippen LogP contribution in [-0.4, -0.2) is 18.5 Å². The van der Waals surface area contributed by atoms with Crippen LogP contribution < -0.4 is 10.6 Å². The quantitative estimate of drug-likeness (QED) is 0.863. The molecule has 2 rings (SSSR count). The van der Waals surface area contributed by atoms with E-state index in [1.54, 1.807) is 0 Å². The second-order valence-corrected chi connectivity index (χ2v) is 5.53. The summed E-state index contributed by atoms with van der Waals surface area (Å²) in [4.78, 5) is 11.9. The number of carbonyl (C=O) groups excluding carboxylic acids is 1. The highest BCUT2D eigenvalue weighted by Crippen LogP contribution is 2.26. The lowest BCUT2D eigenvalue weighted by molar-refractivity contribution is -0.117. The minimum atomic E-state index is -0.0501. The Labute approximate surface area is 111 Å². The maximum atomic E-state index is 11.9. The second-order valence-electron chi connectivity index (χ2n) is 3.76. The van der Waals surface area contributed by atoms with Crippen LogP contribution >= 0.6 is 31.9 Å². The molecular weight excluding hydrogens is 336 g/mol. The van der Waals surface area contributed by atoms with Crippen LogP contribution in [0.25, 0.3) is 0 Å². The Morgan fingerprint density at radius 3 is 2.94 bits per heavy atom. The first-order valence-corrected chi connectivity index (χ1v) is 6.75. The highest BCUT2D eigenvalue weighted by Gasteiger charge is 2.22. The lowest BCUT2D eigenvalue weighted by Crippen LogP contribution is -2.35. The van der Waals surface area contributed by atoms with Crippen molar-refractivity contribution in [3.63, 3.8) is 0 Å². The van der Waals surface area contributed by atoms with Crippen molar-refractivity contribution in [3.8, 4) is 0 Å². The molecule has 1 aromatic carbocycles. The fourth-order valence-electron chi connectivity index (χ4n) is 1.72. The van der Waals surface area contributed by atoms with Crippen molar-refractivity contribution in [3.05, 3.63) is 27.1 Å². The van der Waals surface area contributed by atoms with Gasteiger partial charge in [-0.3, -0.25) is 4.79 Å². The highest BCUT2D eigenvalue weighted by molar-refractivity contribution is 9.11. The molecule has 86 valence electrons. The van der Waals surface area contributed by atoms with Crippen LogP contribution in [-0.2, 0) is 4.79 Å². The van der Waals surface area contributed by atoms with Crippen molar-refractivity contribution < 1.29 is 4.79 Å². The number of halogens is 2. The lowest BCUT2D eigenvalue weighted by atomic mass is 10.2. The van der Waals surface area contributed by atoms with E-state index in [1.165, 1.54) is 0 Å². The summed E-state index contributed by atoms with van der Waals surface area (Å²) < 4.78 is 1.84. The molecule has 1 aliphatic heterocycles. The van der Waals surface area contributed by atoms with Gasteiger partial charge in [0.2, 0.25) is 5.91 Å². The van der Waals surface area contributed by atoms with Crippen molar-refractivity contribution in [2.45, 2.75) is 18.9 Å². The van der Waals surface area contributed by atoms with Crippen molar-refractivity contribution in [1.29, 1.82) is 0 Å². The second kappa shape index (κ2) is 5.29. The number of hydrogen-bond acceptors (Lipinski definition) is 2. The zero-order chi connectivity index (χ0) is 11.5. The monoisotopic (exact) mass is 346 g/mol. The molecule has 0 aromatic heterocycles. The Bertz CT molecular complexity index is 403. The number of carbonyl (C=O) groups is 1. The number of rotatable bonds is 2. The Morgan fingerprint density at radius 1 is 1.44 bits per heavy atom. The molecular formula is C11H12Br2N2O. The Balaban J connectivity index is 2.07. The Morgan fingerprint density at radius 2 is 2.25 bits per heavy atom. The van der Waals surface area contributed by atoms with Gasteiger partial charge in [-0.25, -0.2) is 0 Å². The van der Waals surface area contributed by atoms with Crippen LogP contribution in [0, 0.1) is 0 Å². The standard InChI is InChI=1S/C11H12Br2N2O/c12-7-3-4-8(13)10(6-7)15-11(16)9-2-1-5-14-9/h3-4,6,9,14H,1-2,5H2,(H,15,16). The van der Waals surface area contributed by atoms with Gasteiger partial charge in [-0.1, -0.05) is 15.9 Å². The molecule has 2 N–H and O–H groups in total. The lowest BCUT2D eigenvalue weighted by Gasteiger charge is -2.12. The average Bonchev–Trinajstić information content (AvgIpc) is 2.76. The zero-order valence-electron chi connectivity index (χ0n) is 8.59. The van der Waals surface area contributed by atoms with Gasteiger partial charge in [0.15, 0.2) is 0 Å². The van der Waals surface area contributed by atoms with Gasteiger partial charge in [0, 0.05) is 8.95 Å². The number of nitrogens with one attached hydrogen (secondary N) is 2. The summed E-state index contributed by atoms with van der Waals surface area (Å²) in [7, 11) is 0. The molecule has 1 unspecified atom stereocenters. The van der Waals surface area contributed by atoms with Crippen molar-refractivity contribution in [1.82, 2.24) is 5.32 Å². The van der Waals surface area contributed by atoms with Crippen LogP contribution in [0.4, 0.5) is 5.69 Å². The molecule has 0 aliphatic carbocycles. The van der Waals surface area contributed by atoms with Gasteiger partial charge in [-0.2, -0.15) is 0 Å². The normalized spacial score (nSPS) is 19.8. The summed E-state index contributed by atoms with van der Waals surface area (Å²) in [6, 6.07) is 5.66. The smallest absolute Gasteiger partial charge is 0.241 e. The summed E-state index contributed by atoms with van der Waals surface area (Å²) in [6.07, 6.45) is 1.98. The summed E-state index contributed by atoms with van der Waals surface area (Å²) in [6.45, 7) is 0.928. The first kappa shape index (κ1) is 12.1. The van der Waals surface area contributed by atoms with Gasteiger partial charge in [-0.15, -0.1) is 0 Å². The minimum absolute atomic E-state index is 0.0382. The molecule has 1 aliphatic rings. The molecule has 0 bridgehead atoms. The summed E-state index contributed by atoms with van der Waals surface area (Å²) in [5.41, 5.74) is 0.799. The first-order valence-electron chi connectivity index (χ1n) is 5.16. The number of amides is 1. The van der Waals surface area contributed by atoms with E-state index in [1.807, 2.05) is 18.2 Å². The van der Waals surface area contributed by atoms with E-state index < -0.39 is 0 Å². The van der Waals surface area contributed by atoms with Crippen LogP contribution in [0.3, 0.4) is 0 Å². The number of anilines is 1. The van der Waals surface area contributed by atoms with Crippen LogP contribution in [0.2, 0.25) is 0 Å². The SMILES string of the molecule is O=C(Nc1cc(Br)ccc1Br)C1CCCN1. The molecule has 1 aromatic rings. The first-order chi connectivity index (χ1) is 7.66. The third-order valence-corrected chi connectivity index (χ3v) is 3.75. The molecule has 5 heteroatoms. The van der Waals surface area contributed by atoms with Gasteiger partial charge in [0.1, 0.15) is 0 Å². The van der Waals surface area contributed by atoms with Crippen molar-refractivity contribution in [2.24, 2.45) is 0 Å². The Hall–Kier alpha value is -0.390. The van der Waals surface area contributed by atoms with Crippen molar-refractivity contribution >= 4 is 43.5 Å². The van der Waals surface area contributed by atoms with Crippen molar-refractivity contribution in [2.75, 3.05) is 11.9 Å². The third-order valence-electron chi connectivity index (χ3n) is 2.56. The van der Waals surface area contributed by atoms with Crippen LogP contribution in [0.15, 0.2) is 27.1 Å². The van der Waals surface area contributed by atoms with E-state index in [0.29, 0.717) is 0 Å². The number of benzene rings is 1. The zero-order valence-corrected chi connectivity index (χ0v) is 11.8. The fourth-order valence-corrected chi connectivity index (χ4v) is 2.43. The summed E-state index contributed by atoms with van der Waals surface area (Å²) in [5.74, 6) is 0.0382.